The van der Waals surface area contributed by atoms with Crippen LogP contribution in [0, 0.1) is 12.8 Å². The van der Waals surface area contributed by atoms with E-state index in [9.17, 15) is 8.42 Å². The second kappa shape index (κ2) is 7.57. The molecule has 0 amide bonds. The van der Waals surface area contributed by atoms with Crippen LogP contribution in [0.2, 0.25) is 0 Å². The molecule has 1 aromatic rings. The van der Waals surface area contributed by atoms with Crippen LogP contribution in [0.4, 0.5) is 0 Å². The van der Waals surface area contributed by atoms with Crippen LogP contribution in [-0.2, 0) is 14.8 Å². The van der Waals surface area contributed by atoms with E-state index in [1.807, 2.05) is 45.0 Å². The third-order valence-corrected chi connectivity index (χ3v) is 5.60. The fourth-order valence-electron chi connectivity index (χ4n) is 2.92. The molecule has 0 unspecified atom stereocenters. The molecule has 0 spiro atoms. The van der Waals surface area contributed by atoms with Crippen molar-refractivity contribution in [3.8, 4) is 0 Å². The number of hydrogen-bond acceptors (Lipinski definition) is 3. The molecule has 0 aromatic heterocycles. The summed E-state index contributed by atoms with van der Waals surface area (Å²) in [6.45, 7) is 6.77. The van der Waals surface area contributed by atoms with Crippen molar-refractivity contribution in [3.05, 3.63) is 35.4 Å². The van der Waals surface area contributed by atoms with Crippen molar-refractivity contribution in [1.82, 2.24) is 4.72 Å². The summed E-state index contributed by atoms with van der Waals surface area (Å²) in [7, 11) is -3.37. The highest BCUT2D eigenvalue weighted by atomic mass is 32.2. The lowest BCUT2D eigenvalue weighted by atomic mass is 9.94. The summed E-state index contributed by atoms with van der Waals surface area (Å²) < 4.78 is 33.5. The topological polar surface area (TPSA) is 55.4 Å². The van der Waals surface area contributed by atoms with Gasteiger partial charge in [-0.05, 0) is 43.2 Å². The summed E-state index contributed by atoms with van der Waals surface area (Å²) in [5.41, 5.74) is 2.16. The van der Waals surface area contributed by atoms with Gasteiger partial charge in [0.2, 0.25) is 10.0 Å². The molecule has 1 heterocycles. The molecule has 5 heteroatoms. The largest absolute Gasteiger partial charge is 0.377 e. The molecule has 124 valence electrons. The SMILES string of the molecule is Cc1ccccc1[C@@H](NS(=O)(=O)C[C@H]1CCCCO1)C(C)C. The molecule has 1 fully saturated rings. The van der Waals surface area contributed by atoms with Crippen molar-refractivity contribution in [2.24, 2.45) is 5.92 Å². The standard InChI is InChI=1S/C17H27NO3S/c1-13(2)17(16-10-5-4-8-14(16)3)18-22(19,20)12-15-9-6-7-11-21-15/h4-5,8,10,13,15,17-18H,6-7,9,11-12H2,1-3H3/t15-,17+/m1/s1. The number of ether oxygens (including phenoxy) is 1. The first-order valence-corrected chi connectivity index (χ1v) is 9.71. The number of aryl methyl sites for hydroxylation is 1. The molecule has 1 aliphatic heterocycles. The normalized spacial score (nSPS) is 21.0. The highest BCUT2D eigenvalue weighted by Gasteiger charge is 2.27. The van der Waals surface area contributed by atoms with E-state index in [1.54, 1.807) is 0 Å². The van der Waals surface area contributed by atoms with Crippen LogP contribution >= 0.6 is 0 Å². The summed E-state index contributed by atoms with van der Waals surface area (Å²) in [5.74, 6) is 0.241. The Hall–Kier alpha value is -0.910. The minimum absolute atomic E-state index is 0.0576. The molecule has 0 bridgehead atoms. The number of hydrogen-bond donors (Lipinski definition) is 1. The number of sulfonamides is 1. The summed E-state index contributed by atoms with van der Waals surface area (Å²) in [4.78, 5) is 0. The molecule has 1 aliphatic rings. The fraction of sp³-hybridized carbons (Fsp3) is 0.647. The smallest absolute Gasteiger partial charge is 0.214 e. The molecule has 1 aromatic carbocycles. The predicted molar refractivity (Wildman–Crippen MR) is 89.3 cm³/mol. The predicted octanol–water partition coefficient (Wildman–Crippen LogP) is 3.18. The lowest BCUT2D eigenvalue weighted by Gasteiger charge is -2.27. The van der Waals surface area contributed by atoms with Crippen molar-refractivity contribution in [2.45, 2.75) is 52.2 Å². The molecule has 0 aliphatic carbocycles. The highest BCUT2D eigenvalue weighted by molar-refractivity contribution is 7.89. The average molecular weight is 325 g/mol. The first-order chi connectivity index (χ1) is 10.4. The van der Waals surface area contributed by atoms with Gasteiger partial charge in [0.15, 0.2) is 0 Å². The third-order valence-electron chi connectivity index (χ3n) is 4.18. The fourth-order valence-corrected chi connectivity index (χ4v) is 4.55. The van der Waals surface area contributed by atoms with Crippen molar-refractivity contribution < 1.29 is 13.2 Å². The van der Waals surface area contributed by atoms with Crippen molar-refractivity contribution in [2.75, 3.05) is 12.4 Å². The Morgan fingerprint density at radius 2 is 2.00 bits per heavy atom. The van der Waals surface area contributed by atoms with Gasteiger partial charge in [0.1, 0.15) is 0 Å². The Balaban J connectivity index is 2.11. The molecular weight excluding hydrogens is 298 g/mol. The molecule has 0 radical (unpaired) electrons. The van der Waals surface area contributed by atoms with Gasteiger partial charge < -0.3 is 4.74 Å². The van der Waals surface area contributed by atoms with Crippen LogP contribution in [0.5, 0.6) is 0 Å². The maximum atomic E-state index is 12.5. The van der Waals surface area contributed by atoms with E-state index in [2.05, 4.69) is 4.72 Å². The summed E-state index contributed by atoms with van der Waals surface area (Å²) in [5, 5.41) is 0. The maximum absolute atomic E-state index is 12.5. The Morgan fingerprint density at radius 1 is 1.27 bits per heavy atom. The Labute approximate surface area is 134 Å². The van der Waals surface area contributed by atoms with E-state index in [0.29, 0.717) is 6.61 Å². The molecular formula is C17H27NO3S. The van der Waals surface area contributed by atoms with Crippen molar-refractivity contribution in [1.29, 1.82) is 0 Å². The van der Waals surface area contributed by atoms with Crippen molar-refractivity contribution >= 4 is 10.0 Å². The number of rotatable bonds is 6. The zero-order valence-electron chi connectivity index (χ0n) is 13.7. The van der Waals surface area contributed by atoms with Gasteiger partial charge in [0, 0.05) is 12.6 Å². The molecule has 1 N–H and O–H groups in total. The monoisotopic (exact) mass is 325 g/mol. The maximum Gasteiger partial charge on any atom is 0.214 e. The van der Waals surface area contributed by atoms with Crippen LogP contribution in [0.25, 0.3) is 0 Å². The van der Waals surface area contributed by atoms with E-state index in [0.717, 1.165) is 30.4 Å². The van der Waals surface area contributed by atoms with Crippen LogP contribution < -0.4 is 4.72 Å². The van der Waals surface area contributed by atoms with E-state index in [-0.39, 0.29) is 23.8 Å². The van der Waals surface area contributed by atoms with Gasteiger partial charge in [-0.15, -0.1) is 0 Å². The number of nitrogens with one attached hydrogen (secondary N) is 1. The van der Waals surface area contributed by atoms with Crippen molar-refractivity contribution in [3.63, 3.8) is 0 Å². The number of benzene rings is 1. The third kappa shape index (κ3) is 4.80. The van der Waals surface area contributed by atoms with E-state index >= 15 is 0 Å². The van der Waals surface area contributed by atoms with Gasteiger partial charge in [0.25, 0.3) is 0 Å². The summed E-state index contributed by atoms with van der Waals surface area (Å²) in [6.07, 6.45) is 2.74. The van der Waals surface area contributed by atoms with Gasteiger partial charge in [-0.25, -0.2) is 13.1 Å². The lowest BCUT2D eigenvalue weighted by Crippen LogP contribution is -2.38. The molecule has 4 nitrogen and oxygen atoms in total. The van der Waals surface area contributed by atoms with Crippen LogP contribution in [0.15, 0.2) is 24.3 Å². The summed E-state index contributed by atoms with van der Waals surface area (Å²) in [6, 6.07) is 7.74. The highest BCUT2D eigenvalue weighted by Crippen LogP contribution is 2.26. The zero-order valence-corrected chi connectivity index (χ0v) is 14.5. The van der Waals surface area contributed by atoms with Gasteiger partial charge in [0.05, 0.1) is 11.9 Å². The van der Waals surface area contributed by atoms with Crippen LogP contribution in [0.1, 0.15) is 50.3 Å². The van der Waals surface area contributed by atoms with Gasteiger partial charge in [-0.2, -0.15) is 0 Å². The second-order valence-corrected chi connectivity index (χ2v) is 8.26. The van der Waals surface area contributed by atoms with E-state index in [1.165, 1.54) is 0 Å². The van der Waals surface area contributed by atoms with Gasteiger partial charge in [-0.3, -0.25) is 0 Å². The Bertz CT molecular complexity index is 577. The van der Waals surface area contributed by atoms with E-state index in [4.69, 9.17) is 4.74 Å². The quantitative estimate of drug-likeness (QED) is 0.874. The van der Waals surface area contributed by atoms with E-state index < -0.39 is 10.0 Å². The molecule has 22 heavy (non-hydrogen) atoms. The average Bonchev–Trinajstić information content (AvgIpc) is 2.46. The van der Waals surface area contributed by atoms with Crippen LogP contribution in [-0.4, -0.2) is 26.9 Å². The minimum Gasteiger partial charge on any atom is -0.377 e. The minimum atomic E-state index is -3.37. The first-order valence-electron chi connectivity index (χ1n) is 8.06. The lowest BCUT2D eigenvalue weighted by molar-refractivity contribution is 0.0303. The van der Waals surface area contributed by atoms with Crippen LogP contribution in [0.3, 0.4) is 0 Å². The first kappa shape index (κ1) is 17.4. The molecule has 2 atom stereocenters. The summed E-state index contributed by atoms with van der Waals surface area (Å²) >= 11 is 0. The molecule has 1 saturated heterocycles. The second-order valence-electron chi connectivity index (χ2n) is 6.47. The molecule has 0 saturated carbocycles. The van der Waals surface area contributed by atoms with Gasteiger partial charge >= 0.3 is 0 Å². The Kier molecular flexibility index (Phi) is 6.01. The zero-order chi connectivity index (χ0) is 16.2. The van der Waals surface area contributed by atoms with Gasteiger partial charge in [-0.1, -0.05) is 38.1 Å². The Morgan fingerprint density at radius 3 is 2.59 bits per heavy atom. The molecule has 2 rings (SSSR count).